The number of halogens is 1. The summed E-state index contributed by atoms with van der Waals surface area (Å²) < 4.78 is 9.45. The Kier molecular flexibility index (Phi) is 10.6. The molecule has 0 spiro atoms. The SMILES string of the molecule is CSC(=N)NC(=O)OCc1ccccc1.O=C(Cl)OCc1ccccc1. The number of rotatable bonds is 4. The van der Waals surface area contributed by atoms with Crippen LogP contribution in [0.1, 0.15) is 11.1 Å². The molecule has 0 saturated heterocycles. The van der Waals surface area contributed by atoms with Crippen molar-refractivity contribution >= 4 is 40.1 Å². The van der Waals surface area contributed by atoms with E-state index in [0.717, 1.165) is 22.9 Å². The average Bonchev–Trinajstić information content (AvgIpc) is 2.67. The minimum absolute atomic E-state index is 0.0769. The lowest BCUT2D eigenvalue weighted by atomic mass is 10.2. The first kappa shape index (κ1) is 21.5. The topological polar surface area (TPSA) is 88.5 Å². The Bertz CT molecular complexity index is 699. The number of nitrogens with one attached hydrogen (secondary N) is 2. The zero-order valence-corrected chi connectivity index (χ0v) is 15.7. The van der Waals surface area contributed by atoms with E-state index < -0.39 is 11.5 Å². The van der Waals surface area contributed by atoms with Crippen molar-refractivity contribution in [2.45, 2.75) is 13.2 Å². The molecule has 2 rings (SSSR count). The number of carbonyl (C=O) groups excluding carboxylic acids is 2. The summed E-state index contributed by atoms with van der Waals surface area (Å²) in [4.78, 5) is 21.3. The van der Waals surface area contributed by atoms with Crippen molar-refractivity contribution in [1.29, 1.82) is 5.41 Å². The molecule has 0 aromatic heterocycles. The molecular formula is C18H19ClN2O4S. The molecule has 0 radical (unpaired) electrons. The Labute approximate surface area is 161 Å². The average molecular weight is 395 g/mol. The molecule has 138 valence electrons. The van der Waals surface area contributed by atoms with Crippen LogP contribution in [0.25, 0.3) is 0 Å². The first-order valence-electron chi connectivity index (χ1n) is 7.47. The van der Waals surface area contributed by atoms with Crippen LogP contribution in [-0.2, 0) is 22.7 Å². The maximum Gasteiger partial charge on any atom is 0.413 e. The highest BCUT2D eigenvalue weighted by Gasteiger charge is 2.04. The van der Waals surface area contributed by atoms with Gasteiger partial charge in [-0.15, -0.1) is 0 Å². The maximum absolute atomic E-state index is 11.1. The molecule has 26 heavy (non-hydrogen) atoms. The third-order valence-corrected chi connectivity index (χ3v) is 3.45. The van der Waals surface area contributed by atoms with Gasteiger partial charge in [0.2, 0.25) is 0 Å². The summed E-state index contributed by atoms with van der Waals surface area (Å²) in [7, 11) is 0. The smallest absolute Gasteiger partial charge is 0.413 e. The van der Waals surface area contributed by atoms with Gasteiger partial charge in [-0.05, 0) is 17.4 Å². The number of thioether (sulfide) groups is 1. The van der Waals surface area contributed by atoms with Crippen LogP contribution in [0.5, 0.6) is 0 Å². The molecule has 2 N–H and O–H groups in total. The number of ether oxygens (including phenoxy) is 2. The van der Waals surface area contributed by atoms with Gasteiger partial charge < -0.3 is 9.47 Å². The van der Waals surface area contributed by atoms with Crippen LogP contribution >= 0.6 is 23.4 Å². The second-order valence-corrected chi connectivity index (χ2v) is 5.86. The van der Waals surface area contributed by atoms with E-state index in [1.807, 2.05) is 60.7 Å². The third kappa shape index (κ3) is 10.4. The normalized spacial score (nSPS) is 9.31. The van der Waals surface area contributed by atoms with Crippen molar-refractivity contribution in [3.05, 3.63) is 71.8 Å². The fraction of sp³-hybridized carbons (Fsp3) is 0.167. The quantitative estimate of drug-likeness (QED) is 0.443. The molecule has 0 aliphatic carbocycles. The molecule has 0 saturated carbocycles. The molecule has 0 heterocycles. The lowest BCUT2D eigenvalue weighted by Gasteiger charge is -2.05. The molecule has 0 fully saturated rings. The molecule has 0 aliphatic rings. The van der Waals surface area contributed by atoms with Crippen LogP contribution in [0.4, 0.5) is 9.59 Å². The van der Waals surface area contributed by atoms with Gasteiger partial charge in [-0.25, -0.2) is 9.59 Å². The lowest BCUT2D eigenvalue weighted by Crippen LogP contribution is -2.27. The highest BCUT2D eigenvalue weighted by molar-refractivity contribution is 8.13. The third-order valence-electron chi connectivity index (χ3n) is 2.83. The number of hydrogen-bond donors (Lipinski definition) is 2. The van der Waals surface area contributed by atoms with Gasteiger partial charge in [-0.2, -0.15) is 0 Å². The van der Waals surface area contributed by atoms with Crippen molar-refractivity contribution in [1.82, 2.24) is 5.32 Å². The Balaban J connectivity index is 0.000000273. The molecule has 0 atom stereocenters. The Morgan fingerprint density at radius 1 is 0.962 bits per heavy atom. The van der Waals surface area contributed by atoms with Crippen molar-refractivity contribution < 1.29 is 19.1 Å². The van der Waals surface area contributed by atoms with E-state index in [2.05, 4.69) is 10.1 Å². The first-order valence-corrected chi connectivity index (χ1v) is 9.08. The predicted octanol–water partition coefficient (Wildman–Crippen LogP) is 4.77. The number of carbonyl (C=O) groups is 2. The molecule has 6 nitrogen and oxygen atoms in total. The fourth-order valence-corrected chi connectivity index (χ4v) is 1.86. The molecule has 2 aromatic rings. The summed E-state index contributed by atoms with van der Waals surface area (Å²) in [6.45, 7) is 0.456. The Morgan fingerprint density at radius 3 is 1.85 bits per heavy atom. The Hall–Kier alpha value is -2.51. The van der Waals surface area contributed by atoms with Crippen LogP contribution < -0.4 is 5.32 Å². The monoisotopic (exact) mass is 394 g/mol. The molecule has 0 bridgehead atoms. The van der Waals surface area contributed by atoms with Gasteiger partial charge in [0.1, 0.15) is 13.2 Å². The molecular weight excluding hydrogens is 376 g/mol. The second-order valence-electron chi connectivity index (χ2n) is 4.73. The molecule has 1 amide bonds. The largest absolute Gasteiger partial charge is 0.449 e. The van der Waals surface area contributed by atoms with Gasteiger partial charge in [0.05, 0.1) is 0 Å². The molecule has 0 aliphatic heterocycles. The number of hydrogen-bond acceptors (Lipinski definition) is 6. The summed E-state index contributed by atoms with van der Waals surface area (Å²) in [5.74, 6) is 0. The Morgan fingerprint density at radius 2 is 1.42 bits per heavy atom. The van der Waals surface area contributed by atoms with E-state index >= 15 is 0 Å². The summed E-state index contributed by atoms with van der Waals surface area (Å²) in [5.41, 5.74) is 1.08. The predicted molar refractivity (Wildman–Crippen MR) is 103 cm³/mol. The zero-order chi connectivity index (χ0) is 19.2. The van der Waals surface area contributed by atoms with E-state index in [9.17, 15) is 9.59 Å². The van der Waals surface area contributed by atoms with Crippen molar-refractivity contribution in [2.24, 2.45) is 0 Å². The van der Waals surface area contributed by atoms with E-state index in [0.29, 0.717) is 0 Å². The van der Waals surface area contributed by atoms with E-state index in [4.69, 9.17) is 21.7 Å². The van der Waals surface area contributed by atoms with Crippen LogP contribution in [0, 0.1) is 5.41 Å². The number of amidine groups is 1. The molecule has 2 aromatic carbocycles. The highest BCUT2D eigenvalue weighted by Crippen LogP contribution is 2.02. The lowest BCUT2D eigenvalue weighted by molar-refractivity contribution is 0.145. The molecule has 8 heteroatoms. The van der Waals surface area contributed by atoms with Gasteiger partial charge in [-0.1, -0.05) is 72.4 Å². The summed E-state index contributed by atoms with van der Waals surface area (Å²) in [6, 6.07) is 18.7. The van der Waals surface area contributed by atoms with Crippen LogP contribution in [0.3, 0.4) is 0 Å². The minimum Gasteiger partial charge on any atom is -0.449 e. The molecule has 0 unspecified atom stereocenters. The van der Waals surface area contributed by atoms with Crippen molar-refractivity contribution in [3.8, 4) is 0 Å². The highest BCUT2D eigenvalue weighted by atomic mass is 35.5. The van der Waals surface area contributed by atoms with Gasteiger partial charge in [0.25, 0.3) is 0 Å². The van der Waals surface area contributed by atoms with Crippen LogP contribution in [0.2, 0.25) is 0 Å². The standard InChI is InChI=1S/C10H12N2O2S.C8H7ClO2/c1-15-9(11)12-10(13)14-7-8-5-3-2-4-6-8;9-8(10)11-6-7-4-2-1-3-5-7/h2-6H,7H2,1H3,(H2,11,12,13);1-5H,6H2. The van der Waals surface area contributed by atoms with Crippen LogP contribution in [0.15, 0.2) is 60.7 Å². The van der Waals surface area contributed by atoms with E-state index in [1.165, 1.54) is 0 Å². The van der Waals surface area contributed by atoms with E-state index in [-0.39, 0.29) is 18.4 Å². The first-order chi connectivity index (χ1) is 12.5. The minimum atomic E-state index is -0.770. The van der Waals surface area contributed by atoms with Gasteiger partial charge in [0, 0.05) is 11.6 Å². The summed E-state index contributed by atoms with van der Waals surface area (Å²) in [6.07, 6.45) is 1.11. The maximum atomic E-state index is 11.1. The zero-order valence-electron chi connectivity index (χ0n) is 14.1. The van der Waals surface area contributed by atoms with Crippen molar-refractivity contribution in [2.75, 3.05) is 6.26 Å². The van der Waals surface area contributed by atoms with E-state index in [1.54, 1.807) is 6.26 Å². The number of benzene rings is 2. The van der Waals surface area contributed by atoms with Gasteiger partial charge in [-0.3, -0.25) is 10.7 Å². The van der Waals surface area contributed by atoms with Gasteiger partial charge >= 0.3 is 11.5 Å². The fourth-order valence-electron chi connectivity index (χ4n) is 1.62. The second kappa shape index (κ2) is 12.8. The van der Waals surface area contributed by atoms with Crippen molar-refractivity contribution in [3.63, 3.8) is 0 Å². The summed E-state index contributed by atoms with van der Waals surface area (Å²) in [5, 5.41) is 9.56. The van der Waals surface area contributed by atoms with Crippen LogP contribution in [-0.4, -0.2) is 22.9 Å². The van der Waals surface area contributed by atoms with Gasteiger partial charge in [0.15, 0.2) is 5.17 Å². The number of alkyl carbamates (subject to hydrolysis) is 1. The summed E-state index contributed by atoms with van der Waals surface area (Å²) >= 11 is 6.11. The number of amides is 1.